The maximum atomic E-state index is 13.6. The third-order valence-electron chi connectivity index (χ3n) is 5.71. The zero-order valence-electron chi connectivity index (χ0n) is 18.5. The molecule has 1 aromatic heterocycles. The summed E-state index contributed by atoms with van der Waals surface area (Å²) in [6, 6.07) is 23.1. The van der Waals surface area contributed by atoms with Crippen molar-refractivity contribution < 1.29 is 13.7 Å². The van der Waals surface area contributed by atoms with Crippen LogP contribution in [-0.4, -0.2) is 22.4 Å². The molecular formula is C26H21FN4O2S. The van der Waals surface area contributed by atoms with E-state index in [-0.39, 0.29) is 5.82 Å². The summed E-state index contributed by atoms with van der Waals surface area (Å²) < 4.78 is 24.7. The van der Waals surface area contributed by atoms with Crippen molar-refractivity contribution in [3.05, 3.63) is 102 Å². The minimum atomic E-state index is -0.397. The summed E-state index contributed by atoms with van der Waals surface area (Å²) >= 11 is 5.74. The van der Waals surface area contributed by atoms with Crippen LogP contribution in [0.1, 0.15) is 24.4 Å². The molecule has 4 aromatic rings. The number of methoxy groups -OCH3 is 1. The number of rotatable bonds is 5. The van der Waals surface area contributed by atoms with Gasteiger partial charge in [-0.05, 0) is 61.1 Å². The molecule has 1 unspecified atom stereocenters. The largest absolute Gasteiger partial charge is 0.497 e. The summed E-state index contributed by atoms with van der Waals surface area (Å²) in [5, 5.41) is 8.08. The fraction of sp³-hybridized carbons (Fsp3) is 0.115. The number of benzene rings is 3. The predicted octanol–water partition coefficient (Wildman–Crippen LogP) is 5.75. The fourth-order valence-electron chi connectivity index (χ4n) is 4.00. The first-order valence-corrected chi connectivity index (χ1v) is 11.1. The Kier molecular flexibility index (Phi) is 5.81. The molecule has 34 heavy (non-hydrogen) atoms. The van der Waals surface area contributed by atoms with E-state index in [0.29, 0.717) is 16.8 Å². The van der Waals surface area contributed by atoms with Crippen LogP contribution in [0.2, 0.25) is 0 Å². The summed E-state index contributed by atoms with van der Waals surface area (Å²) in [4.78, 5) is 6.60. The molecule has 2 heterocycles. The van der Waals surface area contributed by atoms with Gasteiger partial charge in [-0.15, -0.1) is 0 Å². The highest BCUT2D eigenvalue weighted by atomic mass is 32.1. The monoisotopic (exact) mass is 472 g/mol. The third kappa shape index (κ3) is 4.04. The molecule has 6 nitrogen and oxygen atoms in total. The molecule has 8 heteroatoms. The second kappa shape index (κ2) is 9.07. The lowest BCUT2D eigenvalue weighted by Crippen LogP contribution is -2.46. The standard InChI is InChI=1S/C26H21FN4O2S/c1-16-22(25-29-24(30-33-25)18-6-4-3-5-7-18)23(17-8-10-19(27)11-9-17)28-26(34)31(16)20-12-14-21(32-2)15-13-20/h3-15,23H,1-2H3,(H,28,34). The number of thiocarbonyl (C=S) groups is 1. The first-order valence-electron chi connectivity index (χ1n) is 10.7. The average Bonchev–Trinajstić information content (AvgIpc) is 3.35. The van der Waals surface area contributed by atoms with E-state index in [0.717, 1.165) is 33.8 Å². The van der Waals surface area contributed by atoms with Crippen LogP contribution in [0.15, 0.2) is 89.1 Å². The fourth-order valence-corrected chi connectivity index (χ4v) is 4.37. The van der Waals surface area contributed by atoms with Crippen LogP contribution in [0.5, 0.6) is 5.75 Å². The number of aromatic nitrogens is 2. The van der Waals surface area contributed by atoms with E-state index < -0.39 is 6.04 Å². The van der Waals surface area contributed by atoms with Gasteiger partial charge in [0, 0.05) is 16.9 Å². The number of nitrogens with one attached hydrogen (secondary N) is 1. The second-order valence-electron chi connectivity index (χ2n) is 7.76. The molecule has 0 spiro atoms. The smallest absolute Gasteiger partial charge is 0.258 e. The Hall–Kier alpha value is -4.04. The Morgan fingerprint density at radius 3 is 2.38 bits per heavy atom. The normalized spacial score (nSPS) is 15.9. The molecule has 0 bridgehead atoms. The van der Waals surface area contributed by atoms with Gasteiger partial charge in [0.25, 0.3) is 5.89 Å². The van der Waals surface area contributed by atoms with Gasteiger partial charge in [-0.2, -0.15) is 4.98 Å². The van der Waals surface area contributed by atoms with Gasteiger partial charge in [0.2, 0.25) is 5.82 Å². The molecule has 3 aromatic carbocycles. The molecule has 0 saturated heterocycles. The maximum absolute atomic E-state index is 13.6. The van der Waals surface area contributed by atoms with Crippen molar-refractivity contribution in [2.24, 2.45) is 0 Å². The molecule has 5 rings (SSSR count). The van der Waals surface area contributed by atoms with Crippen LogP contribution in [0.3, 0.4) is 0 Å². The van der Waals surface area contributed by atoms with E-state index in [4.69, 9.17) is 21.5 Å². The summed E-state index contributed by atoms with van der Waals surface area (Å²) in [6.07, 6.45) is 0. The average molecular weight is 473 g/mol. The van der Waals surface area contributed by atoms with Crippen LogP contribution >= 0.6 is 12.2 Å². The lowest BCUT2D eigenvalue weighted by atomic mass is 9.94. The molecule has 170 valence electrons. The SMILES string of the molecule is COc1ccc(N2C(=S)NC(c3ccc(F)cc3)C(c3nc(-c4ccccc4)no3)=C2C)cc1. The van der Waals surface area contributed by atoms with Gasteiger partial charge in [-0.25, -0.2) is 4.39 Å². The topological polar surface area (TPSA) is 63.4 Å². The molecule has 0 saturated carbocycles. The van der Waals surface area contributed by atoms with Crippen LogP contribution in [0, 0.1) is 5.82 Å². The van der Waals surface area contributed by atoms with Gasteiger partial charge in [0.1, 0.15) is 11.6 Å². The number of halogens is 1. The third-order valence-corrected chi connectivity index (χ3v) is 6.01. The summed E-state index contributed by atoms with van der Waals surface area (Å²) in [5.41, 5.74) is 4.11. The molecule has 1 N–H and O–H groups in total. The molecule has 1 atom stereocenters. The van der Waals surface area contributed by atoms with Crippen molar-refractivity contribution in [2.45, 2.75) is 13.0 Å². The highest BCUT2D eigenvalue weighted by molar-refractivity contribution is 7.80. The highest BCUT2D eigenvalue weighted by Crippen LogP contribution is 2.39. The number of ether oxygens (including phenoxy) is 1. The van der Waals surface area contributed by atoms with Crippen molar-refractivity contribution in [2.75, 3.05) is 12.0 Å². The Labute approximate surface area is 201 Å². The molecule has 1 aliphatic heterocycles. The zero-order valence-corrected chi connectivity index (χ0v) is 19.3. The van der Waals surface area contributed by atoms with Crippen LogP contribution in [0.4, 0.5) is 10.1 Å². The maximum Gasteiger partial charge on any atom is 0.258 e. The van der Waals surface area contributed by atoms with E-state index >= 15 is 0 Å². The zero-order chi connectivity index (χ0) is 23.7. The Balaban J connectivity index is 1.64. The van der Waals surface area contributed by atoms with Gasteiger partial charge >= 0.3 is 0 Å². The second-order valence-corrected chi connectivity index (χ2v) is 8.14. The van der Waals surface area contributed by atoms with E-state index in [1.54, 1.807) is 19.2 Å². The molecule has 0 amide bonds. The van der Waals surface area contributed by atoms with Gasteiger partial charge in [-0.3, -0.25) is 4.90 Å². The van der Waals surface area contributed by atoms with Crippen molar-refractivity contribution in [3.63, 3.8) is 0 Å². The van der Waals surface area contributed by atoms with E-state index in [1.807, 2.05) is 66.4 Å². The minimum Gasteiger partial charge on any atom is -0.497 e. The predicted molar refractivity (Wildman–Crippen MR) is 133 cm³/mol. The number of hydrogen-bond donors (Lipinski definition) is 1. The molecule has 0 radical (unpaired) electrons. The summed E-state index contributed by atoms with van der Waals surface area (Å²) in [6.45, 7) is 1.95. The van der Waals surface area contributed by atoms with E-state index in [9.17, 15) is 4.39 Å². The first kappa shape index (κ1) is 21.8. The van der Waals surface area contributed by atoms with Gasteiger partial charge in [-0.1, -0.05) is 47.6 Å². The number of allylic oxidation sites excluding steroid dienone is 1. The lowest BCUT2D eigenvalue weighted by Gasteiger charge is -2.37. The summed E-state index contributed by atoms with van der Waals surface area (Å²) in [7, 11) is 1.62. The lowest BCUT2D eigenvalue weighted by molar-refractivity contribution is 0.404. The van der Waals surface area contributed by atoms with Crippen molar-refractivity contribution in [1.82, 2.24) is 15.5 Å². The first-order chi connectivity index (χ1) is 16.5. The quantitative estimate of drug-likeness (QED) is 0.371. The molecule has 1 aliphatic rings. The van der Waals surface area contributed by atoms with Crippen LogP contribution < -0.4 is 15.0 Å². The minimum absolute atomic E-state index is 0.312. The van der Waals surface area contributed by atoms with E-state index in [2.05, 4.69) is 15.5 Å². The number of anilines is 1. The van der Waals surface area contributed by atoms with Gasteiger partial charge in [0.05, 0.1) is 18.7 Å². The Bertz CT molecular complexity index is 1350. The van der Waals surface area contributed by atoms with Gasteiger partial charge < -0.3 is 14.6 Å². The van der Waals surface area contributed by atoms with Crippen LogP contribution in [-0.2, 0) is 0 Å². The Morgan fingerprint density at radius 1 is 1.00 bits per heavy atom. The van der Waals surface area contributed by atoms with Crippen LogP contribution in [0.25, 0.3) is 17.0 Å². The van der Waals surface area contributed by atoms with Crippen molar-refractivity contribution in [3.8, 4) is 17.1 Å². The highest BCUT2D eigenvalue weighted by Gasteiger charge is 2.34. The molecule has 0 aliphatic carbocycles. The van der Waals surface area contributed by atoms with Crippen molar-refractivity contribution in [1.29, 1.82) is 0 Å². The van der Waals surface area contributed by atoms with Gasteiger partial charge in [0.15, 0.2) is 5.11 Å². The number of nitrogens with zero attached hydrogens (tertiary/aromatic N) is 3. The Morgan fingerprint density at radius 2 is 1.71 bits per heavy atom. The molecular weight excluding hydrogens is 451 g/mol. The molecule has 0 fully saturated rings. The summed E-state index contributed by atoms with van der Waals surface area (Å²) in [5.74, 6) is 1.28. The van der Waals surface area contributed by atoms with E-state index in [1.165, 1.54) is 12.1 Å². The van der Waals surface area contributed by atoms with Crippen molar-refractivity contribution >= 4 is 28.6 Å². The number of hydrogen-bond acceptors (Lipinski definition) is 5.